The molecule has 0 fully saturated rings. The number of ether oxygens (including phenoxy) is 1. The molecule has 0 aliphatic heterocycles. The zero-order valence-corrected chi connectivity index (χ0v) is 13.2. The van der Waals surface area contributed by atoms with Crippen molar-refractivity contribution < 1.29 is 9.53 Å². The first-order chi connectivity index (χ1) is 9.93. The van der Waals surface area contributed by atoms with Crippen molar-refractivity contribution in [1.82, 2.24) is 0 Å². The van der Waals surface area contributed by atoms with E-state index in [0.29, 0.717) is 5.56 Å². The molecule has 2 rings (SSSR count). The van der Waals surface area contributed by atoms with Crippen LogP contribution in [-0.4, -0.2) is 27.0 Å². The van der Waals surface area contributed by atoms with Crippen LogP contribution >= 0.6 is 0 Å². The fourth-order valence-electron chi connectivity index (χ4n) is 2.32. The maximum Gasteiger partial charge on any atom is 0.193 e. The molecule has 0 heterocycles. The minimum absolute atomic E-state index is 0.0450. The van der Waals surface area contributed by atoms with Gasteiger partial charge in [-0.05, 0) is 61.4 Å². The Bertz CT molecular complexity index is 658. The minimum Gasteiger partial charge on any atom is -0.496 e. The zero-order chi connectivity index (χ0) is 15.6. The third kappa shape index (κ3) is 3.07. The van der Waals surface area contributed by atoms with Crippen molar-refractivity contribution in [2.24, 2.45) is 0 Å². The molecule has 0 aromatic heterocycles. The van der Waals surface area contributed by atoms with E-state index in [9.17, 15) is 4.79 Å². The molecule has 0 aliphatic rings. The molecule has 0 aliphatic carbocycles. The van der Waals surface area contributed by atoms with Gasteiger partial charge < -0.3 is 9.64 Å². The molecular formula is C18H21NO2. The predicted octanol–water partition coefficient (Wildman–Crippen LogP) is 3.61. The van der Waals surface area contributed by atoms with Gasteiger partial charge in [-0.15, -0.1) is 0 Å². The molecule has 0 saturated carbocycles. The summed E-state index contributed by atoms with van der Waals surface area (Å²) in [5, 5.41) is 0. The third-order valence-electron chi connectivity index (χ3n) is 3.63. The Morgan fingerprint density at radius 1 is 1.00 bits per heavy atom. The lowest BCUT2D eigenvalue weighted by atomic mass is 9.96. The van der Waals surface area contributed by atoms with Crippen LogP contribution in [-0.2, 0) is 0 Å². The van der Waals surface area contributed by atoms with Crippen LogP contribution in [0, 0.1) is 13.8 Å². The first-order valence-corrected chi connectivity index (χ1v) is 6.91. The lowest BCUT2D eigenvalue weighted by Crippen LogP contribution is -2.09. The van der Waals surface area contributed by atoms with Gasteiger partial charge in [-0.3, -0.25) is 4.79 Å². The van der Waals surface area contributed by atoms with Gasteiger partial charge in [0.25, 0.3) is 0 Å². The molecule has 0 bridgehead atoms. The van der Waals surface area contributed by atoms with E-state index >= 15 is 0 Å². The Morgan fingerprint density at radius 2 is 1.62 bits per heavy atom. The standard InChI is InChI=1S/C18H21NO2/c1-12-11-17(21-5)13(2)10-16(12)18(20)14-6-8-15(9-7-14)19(3)4/h6-11H,1-5H3. The highest BCUT2D eigenvalue weighted by Crippen LogP contribution is 2.25. The van der Waals surface area contributed by atoms with Crippen molar-refractivity contribution in [2.75, 3.05) is 26.1 Å². The second-order valence-corrected chi connectivity index (χ2v) is 5.41. The first kappa shape index (κ1) is 15.1. The number of carbonyl (C=O) groups is 1. The molecule has 0 radical (unpaired) electrons. The normalized spacial score (nSPS) is 10.3. The van der Waals surface area contributed by atoms with Crippen molar-refractivity contribution in [2.45, 2.75) is 13.8 Å². The van der Waals surface area contributed by atoms with Crippen molar-refractivity contribution in [1.29, 1.82) is 0 Å². The largest absolute Gasteiger partial charge is 0.496 e. The van der Waals surface area contributed by atoms with Crippen LogP contribution < -0.4 is 9.64 Å². The van der Waals surface area contributed by atoms with E-state index in [4.69, 9.17) is 4.74 Å². The molecule has 0 saturated heterocycles. The molecule has 2 aromatic rings. The van der Waals surface area contributed by atoms with E-state index in [1.807, 2.05) is 69.2 Å². The summed E-state index contributed by atoms with van der Waals surface area (Å²) in [6.07, 6.45) is 0. The summed E-state index contributed by atoms with van der Waals surface area (Å²) in [6, 6.07) is 11.5. The molecule has 110 valence electrons. The highest BCUT2D eigenvalue weighted by atomic mass is 16.5. The van der Waals surface area contributed by atoms with Gasteiger partial charge in [-0.2, -0.15) is 0 Å². The number of ketones is 1. The van der Waals surface area contributed by atoms with Gasteiger partial charge in [-0.25, -0.2) is 0 Å². The van der Waals surface area contributed by atoms with Crippen molar-refractivity contribution >= 4 is 11.5 Å². The fourth-order valence-corrected chi connectivity index (χ4v) is 2.32. The van der Waals surface area contributed by atoms with Gasteiger partial charge in [-0.1, -0.05) is 0 Å². The van der Waals surface area contributed by atoms with E-state index in [0.717, 1.165) is 28.1 Å². The van der Waals surface area contributed by atoms with Crippen molar-refractivity contribution in [3.05, 3.63) is 58.7 Å². The summed E-state index contributed by atoms with van der Waals surface area (Å²) in [5.41, 5.74) is 4.41. The smallest absolute Gasteiger partial charge is 0.193 e. The molecule has 0 atom stereocenters. The summed E-state index contributed by atoms with van der Waals surface area (Å²) in [5.74, 6) is 0.857. The number of methoxy groups -OCH3 is 1. The molecular weight excluding hydrogens is 262 g/mol. The summed E-state index contributed by atoms with van der Waals surface area (Å²) in [6.45, 7) is 3.88. The quantitative estimate of drug-likeness (QED) is 0.803. The molecule has 0 N–H and O–H groups in total. The predicted molar refractivity (Wildman–Crippen MR) is 86.7 cm³/mol. The Hall–Kier alpha value is -2.29. The van der Waals surface area contributed by atoms with Crippen LogP contribution in [0.15, 0.2) is 36.4 Å². The minimum atomic E-state index is 0.0450. The van der Waals surface area contributed by atoms with Gasteiger partial charge in [0, 0.05) is 30.9 Å². The fraction of sp³-hybridized carbons (Fsp3) is 0.278. The second kappa shape index (κ2) is 6.00. The first-order valence-electron chi connectivity index (χ1n) is 6.91. The number of anilines is 1. The Balaban J connectivity index is 2.38. The van der Waals surface area contributed by atoms with Crippen LogP contribution in [0.1, 0.15) is 27.0 Å². The van der Waals surface area contributed by atoms with Gasteiger partial charge >= 0.3 is 0 Å². The van der Waals surface area contributed by atoms with Crippen molar-refractivity contribution in [3.63, 3.8) is 0 Å². The maximum absolute atomic E-state index is 12.6. The Morgan fingerprint density at radius 3 is 2.14 bits per heavy atom. The number of carbonyl (C=O) groups excluding carboxylic acids is 1. The lowest BCUT2D eigenvalue weighted by molar-refractivity contribution is 0.103. The lowest BCUT2D eigenvalue weighted by Gasteiger charge is -2.13. The Kier molecular flexibility index (Phi) is 4.32. The van der Waals surface area contributed by atoms with E-state index in [-0.39, 0.29) is 5.78 Å². The van der Waals surface area contributed by atoms with E-state index in [2.05, 4.69) is 0 Å². The van der Waals surface area contributed by atoms with Crippen LogP contribution in [0.2, 0.25) is 0 Å². The molecule has 0 unspecified atom stereocenters. The van der Waals surface area contributed by atoms with Crippen LogP contribution in [0.25, 0.3) is 0 Å². The van der Waals surface area contributed by atoms with Gasteiger partial charge in [0.1, 0.15) is 5.75 Å². The average molecular weight is 283 g/mol. The Labute approximate surface area is 126 Å². The molecule has 0 spiro atoms. The number of nitrogens with zero attached hydrogens (tertiary/aromatic N) is 1. The van der Waals surface area contributed by atoms with Gasteiger partial charge in [0.15, 0.2) is 5.78 Å². The van der Waals surface area contributed by atoms with Gasteiger partial charge in [0.2, 0.25) is 0 Å². The van der Waals surface area contributed by atoms with Crippen molar-refractivity contribution in [3.8, 4) is 5.75 Å². The third-order valence-corrected chi connectivity index (χ3v) is 3.63. The molecule has 0 amide bonds. The summed E-state index contributed by atoms with van der Waals surface area (Å²) in [7, 11) is 5.60. The molecule has 21 heavy (non-hydrogen) atoms. The number of aryl methyl sites for hydroxylation is 2. The molecule has 3 nitrogen and oxygen atoms in total. The number of rotatable bonds is 4. The number of benzene rings is 2. The van der Waals surface area contributed by atoms with E-state index in [1.54, 1.807) is 7.11 Å². The SMILES string of the molecule is COc1cc(C)c(C(=O)c2ccc(N(C)C)cc2)cc1C. The topological polar surface area (TPSA) is 29.5 Å². The van der Waals surface area contributed by atoms with E-state index < -0.39 is 0 Å². The monoisotopic (exact) mass is 283 g/mol. The molecule has 3 heteroatoms. The second-order valence-electron chi connectivity index (χ2n) is 5.41. The van der Waals surface area contributed by atoms with Crippen LogP contribution in [0.4, 0.5) is 5.69 Å². The van der Waals surface area contributed by atoms with Gasteiger partial charge in [0.05, 0.1) is 7.11 Å². The number of hydrogen-bond donors (Lipinski definition) is 0. The van der Waals surface area contributed by atoms with E-state index in [1.165, 1.54) is 0 Å². The number of hydrogen-bond acceptors (Lipinski definition) is 3. The highest BCUT2D eigenvalue weighted by molar-refractivity contribution is 6.10. The summed E-state index contributed by atoms with van der Waals surface area (Å²) < 4.78 is 5.29. The summed E-state index contributed by atoms with van der Waals surface area (Å²) >= 11 is 0. The van der Waals surface area contributed by atoms with Crippen LogP contribution in [0.3, 0.4) is 0 Å². The average Bonchev–Trinajstić information content (AvgIpc) is 2.48. The maximum atomic E-state index is 12.6. The zero-order valence-electron chi connectivity index (χ0n) is 13.2. The summed E-state index contributed by atoms with van der Waals surface area (Å²) in [4.78, 5) is 14.7. The molecule has 2 aromatic carbocycles. The van der Waals surface area contributed by atoms with Crippen LogP contribution in [0.5, 0.6) is 5.75 Å². The highest BCUT2D eigenvalue weighted by Gasteiger charge is 2.14.